The van der Waals surface area contributed by atoms with Gasteiger partial charge in [-0.25, -0.2) is 0 Å². The number of phenols is 1. The molecule has 0 unspecified atom stereocenters. The third kappa shape index (κ3) is 3.89. The van der Waals surface area contributed by atoms with Gasteiger partial charge in [-0.3, -0.25) is 10.1 Å². The van der Waals surface area contributed by atoms with Gasteiger partial charge in [0.1, 0.15) is 12.4 Å². The Kier molecular flexibility index (Phi) is 5.19. The zero-order valence-corrected chi connectivity index (χ0v) is 19.2. The van der Waals surface area contributed by atoms with Crippen molar-refractivity contribution in [1.29, 1.82) is 0 Å². The normalized spacial score (nSPS) is 11.7. The van der Waals surface area contributed by atoms with Crippen molar-refractivity contribution in [1.82, 2.24) is 15.2 Å². The van der Waals surface area contributed by atoms with Gasteiger partial charge in [0.15, 0.2) is 11.5 Å². The molecule has 35 heavy (non-hydrogen) atoms. The Morgan fingerprint density at radius 2 is 1.66 bits per heavy atom. The molecule has 6 nitrogen and oxygen atoms in total. The highest BCUT2D eigenvalue weighted by atomic mass is 16.5. The number of aromatic nitrogens is 3. The summed E-state index contributed by atoms with van der Waals surface area (Å²) in [5.41, 5.74) is 9.61. The fourth-order valence-electron chi connectivity index (χ4n) is 4.56. The molecule has 2 heterocycles. The molecule has 0 spiro atoms. The maximum Gasteiger partial charge on any atom is 0.161 e. The quantitative estimate of drug-likeness (QED) is 0.318. The van der Waals surface area contributed by atoms with Crippen LogP contribution in [0.4, 0.5) is 0 Å². The summed E-state index contributed by atoms with van der Waals surface area (Å²) in [6.45, 7) is 0.425. The first-order chi connectivity index (χ1) is 17.2. The van der Waals surface area contributed by atoms with Crippen LogP contribution in [0.25, 0.3) is 33.6 Å². The van der Waals surface area contributed by atoms with Gasteiger partial charge in [-0.05, 0) is 47.0 Å². The highest BCUT2D eigenvalue weighted by Crippen LogP contribution is 2.45. The Balaban J connectivity index is 1.27. The van der Waals surface area contributed by atoms with Crippen LogP contribution in [0.3, 0.4) is 0 Å². The van der Waals surface area contributed by atoms with Crippen molar-refractivity contribution in [2.75, 3.05) is 7.11 Å². The van der Waals surface area contributed by atoms with Crippen molar-refractivity contribution in [3.8, 4) is 50.9 Å². The number of nitrogens with one attached hydrogen (secondary N) is 1. The second kappa shape index (κ2) is 8.65. The third-order valence-corrected chi connectivity index (χ3v) is 6.37. The topological polar surface area (TPSA) is 80.3 Å². The Bertz CT molecular complexity index is 1490. The van der Waals surface area contributed by atoms with Crippen LogP contribution >= 0.6 is 0 Å². The molecule has 172 valence electrons. The van der Waals surface area contributed by atoms with E-state index in [0.29, 0.717) is 18.1 Å². The van der Waals surface area contributed by atoms with Gasteiger partial charge in [0, 0.05) is 41.1 Å². The predicted molar refractivity (Wildman–Crippen MR) is 134 cm³/mol. The van der Waals surface area contributed by atoms with Gasteiger partial charge < -0.3 is 14.6 Å². The molecular formula is C29H23N3O3. The Morgan fingerprint density at radius 1 is 0.914 bits per heavy atom. The van der Waals surface area contributed by atoms with Crippen LogP contribution in [0.2, 0.25) is 0 Å². The molecule has 0 amide bonds. The highest BCUT2D eigenvalue weighted by Gasteiger charge is 2.27. The summed E-state index contributed by atoms with van der Waals surface area (Å²) in [4.78, 5) is 4.15. The van der Waals surface area contributed by atoms with E-state index in [9.17, 15) is 5.11 Å². The lowest BCUT2D eigenvalue weighted by Gasteiger charge is -2.13. The molecule has 5 aromatic rings. The smallest absolute Gasteiger partial charge is 0.161 e. The minimum atomic E-state index is 0.263. The Morgan fingerprint density at radius 3 is 2.37 bits per heavy atom. The minimum absolute atomic E-state index is 0.263. The van der Waals surface area contributed by atoms with E-state index in [0.717, 1.165) is 45.6 Å². The number of nitrogens with zero attached hydrogens (tertiary/aromatic N) is 2. The fourth-order valence-corrected chi connectivity index (χ4v) is 4.56. The van der Waals surface area contributed by atoms with E-state index in [1.54, 1.807) is 31.6 Å². The van der Waals surface area contributed by atoms with E-state index in [4.69, 9.17) is 9.47 Å². The van der Waals surface area contributed by atoms with Crippen LogP contribution in [0.1, 0.15) is 16.7 Å². The van der Waals surface area contributed by atoms with Crippen LogP contribution in [0.15, 0.2) is 85.2 Å². The number of aromatic hydroxyl groups is 1. The summed E-state index contributed by atoms with van der Waals surface area (Å²) in [7, 11) is 1.66. The first-order valence-corrected chi connectivity index (χ1v) is 11.4. The lowest BCUT2D eigenvalue weighted by atomic mass is 10.0. The molecule has 0 saturated carbocycles. The van der Waals surface area contributed by atoms with Gasteiger partial charge >= 0.3 is 0 Å². The zero-order valence-electron chi connectivity index (χ0n) is 19.2. The Hall–Kier alpha value is -4.58. The van der Waals surface area contributed by atoms with Gasteiger partial charge in [0.05, 0.1) is 18.5 Å². The number of fused-ring (bicyclic) bond motifs is 3. The average Bonchev–Trinajstić information content (AvgIpc) is 3.47. The number of methoxy groups -OCH3 is 1. The molecule has 0 atom stereocenters. The van der Waals surface area contributed by atoms with Crippen LogP contribution in [-0.2, 0) is 13.0 Å². The maximum atomic E-state index is 9.54. The Labute approximate surface area is 202 Å². The van der Waals surface area contributed by atoms with Crippen LogP contribution in [-0.4, -0.2) is 27.4 Å². The number of pyridine rings is 1. The molecule has 2 N–H and O–H groups in total. The number of benzene rings is 3. The summed E-state index contributed by atoms with van der Waals surface area (Å²) in [6, 6.07) is 23.5. The van der Waals surface area contributed by atoms with Gasteiger partial charge in [-0.2, -0.15) is 5.10 Å². The average molecular weight is 462 g/mol. The number of phenolic OH excluding ortho intramolecular Hbond substituents is 1. The number of rotatable bonds is 6. The van der Waals surface area contributed by atoms with E-state index < -0.39 is 0 Å². The maximum absolute atomic E-state index is 9.54. The predicted octanol–water partition coefficient (Wildman–Crippen LogP) is 6.00. The van der Waals surface area contributed by atoms with E-state index in [-0.39, 0.29) is 5.75 Å². The molecule has 0 bridgehead atoms. The van der Waals surface area contributed by atoms with E-state index in [2.05, 4.69) is 45.5 Å². The standard InChI is InChI=1S/C29H23N3O3/c1-34-26-15-24-22(14-27(26)35-17-18-3-2-12-30-16-18)13-25-28(31-32-29(24)25)21-6-4-19(5-7-21)20-8-10-23(33)11-9-20/h2-12,14-16,33H,13,17H2,1H3,(H,31,32). The van der Waals surface area contributed by atoms with Gasteiger partial charge in [-0.15, -0.1) is 0 Å². The SMILES string of the molecule is COc1cc2c(cc1OCc1cccnc1)Cc1c(-c3ccc(-c4ccc(O)cc4)cc3)n[nH]c1-2. The first kappa shape index (κ1) is 21.0. The summed E-state index contributed by atoms with van der Waals surface area (Å²) >= 11 is 0. The summed E-state index contributed by atoms with van der Waals surface area (Å²) in [6.07, 6.45) is 4.32. The van der Waals surface area contributed by atoms with Crippen LogP contribution < -0.4 is 9.47 Å². The minimum Gasteiger partial charge on any atom is -0.508 e. The molecule has 0 fully saturated rings. The van der Waals surface area contributed by atoms with Crippen LogP contribution in [0, 0.1) is 0 Å². The van der Waals surface area contributed by atoms with Gasteiger partial charge in [0.25, 0.3) is 0 Å². The summed E-state index contributed by atoms with van der Waals surface area (Å²) in [5.74, 6) is 1.67. The molecule has 1 aliphatic rings. The number of hydrogen-bond donors (Lipinski definition) is 2. The van der Waals surface area contributed by atoms with Crippen molar-refractivity contribution in [3.05, 3.63) is 102 Å². The largest absolute Gasteiger partial charge is 0.508 e. The molecule has 2 aromatic heterocycles. The van der Waals surface area contributed by atoms with Crippen LogP contribution in [0.5, 0.6) is 17.2 Å². The lowest BCUT2D eigenvalue weighted by Crippen LogP contribution is -1.99. The molecule has 0 aliphatic heterocycles. The molecule has 6 rings (SSSR count). The summed E-state index contributed by atoms with van der Waals surface area (Å²) in [5, 5.41) is 17.4. The number of hydrogen-bond acceptors (Lipinski definition) is 5. The molecule has 1 aliphatic carbocycles. The summed E-state index contributed by atoms with van der Waals surface area (Å²) < 4.78 is 11.7. The fraction of sp³-hybridized carbons (Fsp3) is 0.103. The number of ether oxygens (including phenoxy) is 2. The molecule has 3 aromatic carbocycles. The molecule has 0 saturated heterocycles. The number of aromatic amines is 1. The second-order valence-electron chi connectivity index (χ2n) is 8.54. The molecular weight excluding hydrogens is 438 g/mol. The lowest BCUT2D eigenvalue weighted by molar-refractivity contribution is 0.284. The number of H-pyrrole nitrogens is 1. The van der Waals surface area contributed by atoms with E-state index in [1.165, 1.54) is 11.1 Å². The first-order valence-electron chi connectivity index (χ1n) is 11.4. The van der Waals surface area contributed by atoms with Crippen molar-refractivity contribution in [2.45, 2.75) is 13.0 Å². The second-order valence-corrected chi connectivity index (χ2v) is 8.54. The van der Waals surface area contributed by atoms with E-state index in [1.807, 2.05) is 30.3 Å². The highest BCUT2D eigenvalue weighted by molar-refractivity contribution is 5.83. The molecule has 0 radical (unpaired) electrons. The zero-order chi connectivity index (χ0) is 23.8. The van der Waals surface area contributed by atoms with Crippen molar-refractivity contribution < 1.29 is 14.6 Å². The monoisotopic (exact) mass is 461 g/mol. The molecule has 6 heteroatoms. The van der Waals surface area contributed by atoms with E-state index >= 15 is 0 Å². The van der Waals surface area contributed by atoms with Gasteiger partial charge in [-0.1, -0.05) is 42.5 Å². The van der Waals surface area contributed by atoms with Crippen molar-refractivity contribution in [3.63, 3.8) is 0 Å². The van der Waals surface area contributed by atoms with Crippen molar-refractivity contribution in [2.24, 2.45) is 0 Å². The third-order valence-electron chi connectivity index (χ3n) is 6.37. The van der Waals surface area contributed by atoms with Gasteiger partial charge in [0.2, 0.25) is 0 Å². The van der Waals surface area contributed by atoms with Crippen molar-refractivity contribution >= 4 is 0 Å².